The summed E-state index contributed by atoms with van der Waals surface area (Å²) in [7, 11) is -7.57. The fraction of sp³-hybridized carbons (Fsp3) is 0.286. The van der Waals surface area contributed by atoms with Gasteiger partial charge in [-0.1, -0.05) is 35.9 Å². The SMILES string of the molecule is C=CCN(CC(=O)N1CCN(S(=O)(=O)c2ccccc2)CC1)S(=O)(=O)c1ccc(Cl)cc1. The molecule has 0 N–H and O–H groups in total. The molecule has 11 heteroatoms. The van der Waals surface area contributed by atoms with E-state index in [1.807, 2.05) is 0 Å². The van der Waals surface area contributed by atoms with E-state index in [0.29, 0.717) is 5.02 Å². The maximum atomic E-state index is 13.0. The smallest absolute Gasteiger partial charge is 0.243 e. The van der Waals surface area contributed by atoms with Crippen LogP contribution in [0.25, 0.3) is 0 Å². The lowest BCUT2D eigenvalue weighted by Crippen LogP contribution is -2.53. The molecule has 0 aliphatic carbocycles. The number of hydrogen-bond donors (Lipinski definition) is 0. The Balaban J connectivity index is 1.67. The molecule has 1 aliphatic heterocycles. The average Bonchev–Trinajstić information content (AvgIpc) is 2.79. The number of halogens is 1. The highest BCUT2D eigenvalue weighted by atomic mass is 35.5. The van der Waals surface area contributed by atoms with Crippen molar-refractivity contribution in [1.82, 2.24) is 13.5 Å². The summed E-state index contributed by atoms with van der Waals surface area (Å²) >= 11 is 5.84. The minimum atomic E-state index is -3.93. The largest absolute Gasteiger partial charge is 0.339 e. The van der Waals surface area contributed by atoms with Crippen molar-refractivity contribution in [2.24, 2.45) is 0 Å². The first-order chi connectivity index (χ1) is 15.2. The number of carbonyl (C=O) groups excluding carboxylic acids is 1. The van der Waals surface area contributed by atoms with Gasteiger partial charge in [-0.25, -0.2) is 16.8 Å². The van der Waals surface area contributed by atoms with Crippen molar-refractivity contribution in [3.8, 4) is 0 Å². The van der Waals surface area contributed by atoms with Gasteiger partial charge in [-0.05, 0) is 36.4 Å². The van der Waals surface area contributed by atoms with E-state index in [-0.39, 0.29) is 49.1 Å². The van der Waals surface area contributed by atoms with E-state index in [9.17, 15) is 21.6 Å². The topological polar surface area (TPSA) is 95.1 Å². The molecular weight excluding hydrogens is 474 g/mol. The van der Waals surface area contributed by atoms with Crippen molar-refractivity contribution in [1.29, 1.82) is 0 Å². The third kappa shape index (κ3) is 5.38. The molecule has 2 aromatic rings. The number of hydrogen-bond acceptors (Lipinski definition) is 5. The molecule has 32 heavy (non-hydrogen) atoms. The summed E-state index contributed by atoms with van der Waals surface area (Å²) in [6.07, 6.45) is 1.41. The van der Waals surface area contributed by atoms with Crippen LogP contribution in [0.3, 0.4) is 0 Å². The van der Waals surface area contributed by atoms with Gasteiger partial charge in [-0.3, -0.25) is 4.79 Å². The van der Waals surface area contributed by atoms with Gasteiger partial charge < -0.3 is 4.90 Å². The molecule has 8 nitrogen and oxygen atoms in total. The summed E-state index contributed by atoms with van der Waals surface area (Å²) in [6, 6.07) is 13.8. The van der Waals surface area contributed by atoms with E-state index in [2.05, 4.69) is 6.58 Å². The van der Waals surface area contributed by atoms with Gasteiger partial charge in [0.15, 0.2) is 0 Å². The zero-order chi connectivity index (χ0) is 23.4. The molecule has 1 heterocycles. The van der Waals surface area contributed by atoms with Crippen LogP contribution in [0.2, 0.25) is 5.02 Å². The zero-order valence-corrected chi connectivity index (χ0v) is 19.7. The number of sulfonamides is 2. The van der Waals surface area contributed by atoms with Crippen LogP contribution in [0.4, 0.5) is 0 Å². The highest BCUT2D eigenvalue weighted by Crippen LogP contribution is 2.20. The molecule has 2 aromatic carbocycles. The minimum Gasteiger partial charge on any atom is -0.339 e. The molecule has 0 spiro atoms. The second-order valence-corrected chi connectivity index (χ2v) is 11.5. The van der Waals surface area contributed by atoms with Crippen LogP contribution in [0.5, 0.6) is 0 Å². The summed E-state index contributed by atoms with van der Waals surface area (Å²) < 4.78 is 53.8. The third-order valence-electron chi connectivity index (χ3n) is 5.07. The summed E-state index contributed by atoms with van der Waals surface area (Å²) in [6.45, 7) is 3.78. The lowest BCUT2D eigenvalue weighted by molar-refractivity contribution is -0.132. The Morgan fingerprint density at radius 1 is 0.938 bits per heavy atom. The molecule has 1 fully saturated rings. The molecule has 1 amide bonds. The Labute approximate surface area is 193 Å². The number of rotatable bonds is 8. The number of carbonyl (C=O) groups is 1. The van der Waals surface area contributed by atoms with Crippen LogP contribution in [0, 0.1) is 0 Å². The van der Waals surface area contributed by atoms with Crippen molar-refractivity contribution >= 4 is 37.6 Å². The van der Waals surface area contributed by atoms with Gasteiger partial charge in [0.05, 0.1) is 16.3 Å². The first-order valence-electron chi connectivity index (χ1n) is 9.86. The predicted octanol–water partition coefficient (Wildman–Crippen LogP) is 2.05. The summed E-state index contributed by atoms with van der Waals surface area (Å²) in [5.41, 5.74) is 0. The molecule has 0 saturated carbocycles. The van der Waals surface area contributed by atoms with E-state index in [1.54, 1.807) is 18.2 Å². The first kappa shape index (κ1) is 24.4. The lowest BCUT2D eigenvalue weighted by atomic mass is 10.3. The highest BCUT2D eigenvalue weighted by Gasteiger charge is 2.32. The fourth-order valence-corrected chi connectivity index (χ4v) is 6.25. The van der Waals surface area contributed by atoms with Crippen LogP contribution in [-0.4, -0.2) is 75.5 Å². The Hall–Kier alpha value is -2.24. The van der Waals surface area contributed by atoms with Gasteiger partial charge in [0.25, 0.3) is 0 Å². The number of nitrogens with zero attached hydrogens (tertiary/aromatic N) is 3. The summed E-state index contributed by atoms with van der Waals surface area (Å²) in [5.74, 6) is -0.402. The Kier molecular flexibility index (Phi) is 7.73. The fourth-order valence-electron chi connectivity index (χ4n) is 3.32. The second kappa shape index (κ2) is 10.1. The van der Waals surface area contributed by atoms with Crippen LogP contribution >= 0.6 is 11.6 Å². The molecule has 0 radical (unpaired) electrons. The van der Waals surface area contributed by atoms with E-state index < -0.39 is 26.0 Å². The van der Waals surface area contributed by atoms with E-state index in [0.717, 1.165) is 4.31 Å². The summed E-state index contributed by atoms with van der Waals surface area (Å²) in [5, 5.41) is 0.402. The predicted molar refractivity (Wildman–Crippen MR) is 122 cm³/mol. The first-order valence-corrected chi connectivity index (χ1v) is 13.1. The second-order valence-electron chi connectivity index (χ2n) is 7.14. The lowest BCUT2D eigenvalue weighted by Gasteiger charge is -2.35. The van der Waals surface area contributed by atoms with E-state index in [4.69, 9.17) is 11.6 Å². The van der Waals surface area contributed by atoms with Crippen molar-refractivity contribution in [3.63, 3.8) is 0 Å². The third-order valence-corrected chi connectivity index (χ3v) is 9.06. The van der Waals surface area contributed by atoms with Gasteiger partial charge in [0.1, 0.15) is 0 Å². The number of amides is 1. The Morgan fingerprint density at radius 2 is 1.53 bits per heavy atom. The van der Waals surface area contributed by atoms with Crippen molar-refractivity contribution in [2.75, 3.05) is 39.3 Å². The molecule has 172 valence electrons. The van der Waals surface area contributed by atoms with Gasteiger partial charge >= 0.3 is 0 Å². The number of piperazine rings is 1. The summed E-state index contributed by atoms with van der Waals surface area (Å²) in [4.78, 5) is 14.5. The molecule has 3 rings (SSSR count). The average molecular weight is 498 g/mol. The van der Waals surface area contributed by atoms with Crippen LogP contribution in [0.15, 0.2) is 77.0 Å². The molecule has 1 saturated heterocycles. The highest BCUT2D eigenvalue weighted by molar-refractivity contribution is 7.89. The number of benzene rings is 2. The molecule has 0 bridgehead atoms. The molecular formula is C21H24ClN3O5S2. The Bertz CT molecular complexity index is 1160. The quantitative estimate of drug-likeness (QED) is 0.520. The van der Waals surface area contributed by atoms with Gasteiger partial charge in [-0.15, -0.1) is 6.58 Å². The van der Waals surface area contributed by atoms with E-state index in [1.165, 1.54) is 51.7 Å². The van der Waals surface area contributed by atoms with Crippen molar-refractivity contribution in [2.45, 2.75) is 9.79 Å². The van der Waals surface area contributed by atoms with Gasteiger partial charge in [-0.2, -0.15) is 8.61 Å². The van der Waals surface area contributed by atoms with Crippen LogP contribution in [-0.2, 0) is 24.8 Å². The maximum Gasteiger partial charge on any atom is 0.243 e. The van der Waals surface area contributed by atoms with Gasteiger partial charge in [0.2, 0.25) is 26.0 Å². The zero-order valence-electron chi connectivity index (χ0n) is 17.3. The Morgan fingerprint density at radius 3 is 2.09 bits per heavy atom. The molecule has 0 atom stereocenters. The van der Waals surface area contributed by atoms with Crippen molar-refractivity contribution < 1.29 is 21.6 Å². The van der Waals surface area contributed by atoms with E-state index >= 15 is 0 Å². The standard InChI is InChI=1S/C21H24ClN3O5S2/c1-2-12-25(32(29,30)20-10-8-18(22)9-11-20)17-21(26)23-13-15-24(16-14-23)31(27,28)19-6-4-3-5-7-19/h2-11H,1,12-17H2. The minimum absolute atomic E-state index is 0.0234. The normalized spacial score (nSPS) is 15.6. The van der Waals surface area contributed by atoms with Crippen molar-refractivity contribution in [3.05, 3.63) is 72.3 Å². The molecule has 0 unspecified atom stereocenters. The molecule has 1 aliphatic rings. The molecule has 0 aromatic heterocycles. The van der Waals surface area contributed by atoms with Crippen LogP contribution < -0.4 is 0 Å². The van der Waals surface area contributed by atoms with Gasteiger partial charge in [0, 0.05) is 37.7 Å². The maximum absolute atomic E-state index is 13.0. The monoisotopic (exact) mass is 497 g/mol. The van der Waals surface area contributed by atoms with Crippen LogP contribution in [0.1, 0.15) is 0 Å².